The Bertz CT molecular complexity index is 628. The molecule has 2 aromatic rings. The van der Waals surface area contributed by atoms with Crippen LogP contribution in [0.5, 0.6) is 0 Å². The number of likely N-dealkylation sites (N-methyl/N-ethyl adjacent to an activating group) is 1. The van der Waals surface area contributed by atoms with E-state index in [4.69, 9.17) is 0 Å². The summed E-state index contributed by atoms with van der Waals surface area (Å²) in [5.74, 6) is 0.659. The molecule has 2 rings (SSSR count). The second kappa shape index (κ2) is 7.93. The SMILES string of the molecule is C=CCNC(=O)c1ccnc(N(C)CCc2ccncc2)c1. The van der Waals surface area contributed by atoms with Crippen molar-refractivity contribution >= 4 is 11.7 Å². The first kappa shape index (κ1) is 15.7. The standard InChI is InChI=1S/C17H20N4O/c1-3-8-20-17(22)15-6-11-19-16(13-15)21(2)12-7-14-4-9-18-10-5-14/h3-6,9-11,13H,1,7-8,12H2,2H3,(H,20,22). The molecule has 0 aromatic carbocycles. The number of nitrogens with zero attached hydrogens (tertiary/aromatic N) is 3. The summed E-state index contributed by atoms with van der Waals surface area (Å²) in [4.78, 5) is 22.3. The molecule has 0 aliphatic heterocycles. The first-order chi connectivity index (χ1) is 10.7. The molecule has 0 saturated heterocycles. The molecule has 0 aliphatic rings. The van der Waals surface area contributed by atoms with Crippen LogP contribution in [0.4, 0.5) is 5.82 Å². The Morgan fingerprint density at radius 3 is 2.82 bits per heavy atom. The van der Waals surface area contributed by atoms with Crippen molar-refractivity contribution in [2.24, 2.45) is 0 Å². The van der Waals surface area contributed by atoms with Gasteiger partial charge in [0.25, 0.3) is 5.91 Å². The third kappa shape index (κ3) is 4.41. The van der Waals surface area contributed by atoms with Crippen molar-refractivity contribution in [1.82, 2.24) is 15.3 Å². The third-order valence-electron chi connectivity index (χ3n) is 3.29. The van der Waals surface area contributed by atoms with Crippen LogP contribution in [0.15, 0.2) is 55.5 Å². The number of rotatable bonds is 7. The number of hydrogen-bond acceptors (Lipinski definition) is 4. The molecule has 0 radical (unpaired) electrons. The van der Waals surface area contributed by atoms with Crippen LogP contribution in [-0.2, 0) is 6.42 Å². The molecule has 0 spiro atoms. The van der Waals surface area contributed by atoms with Crippen LogP contribution in [0.1, 0.15) is 15.9 Å². The van der Waals surface area contributed by atoms with E-state index in [2.05, 4.69) is 21.9 Å². The molecule has 0 aliphatic carbocycles. The van der Waals surface area contributed by atoms with Crippen LogP contribution in [0.2, 0.25) is 0 Å². The van der Waals surface area contributed by atoms with Crippen molar-refractivity contribution in [1.29, 1.82) is 0 Å². The summed E-state index contributed by atoms with van der Waals surface area (Å²) in [6.07, 6.45) is 7.78. The Kier molecular flexibility index (Phi) is 5.65. The zero-order chi connectivity index (χ0) is 15.8. The lowest BCUT2D eigenvalue weighted by Gasteiger charge is -2.18. The molecule has 2 aromatic heterocycles. The highest BCUT2D eigenvalue weighted by atomic mass is 16.1. The van der Waals surface area contributed by atoms with Crippen molar-refractivity contribution < 1.29 is 4.79 Å². The molecule has 0 atom stereocenters. The molecule has 5 heteroatoms. The summed E-state index contributed by atoms with van der Waals surface area (Å²) >= 11 is 0. The monoisotopic (exact) mass is 296 g/mol. The Labute approximate surface area is 130 Å². The van der Waals surface area contributed by atoms with E-state index < -0.39 is 0 Å². The molecule has 0 fully saturated rings. The molecule has 0 bridgehead atoms. The van der Waals surface area contributed by atoms with Crippen LogP contribution in [0.3, 0.4) is 0 Å². The maximum absolute atomic E-state index is 11.9. The Morgan fingerprint density at radius 2 is 2.09 bits per heavy atom. The molecule has 0 unspecified atom stereocenters. The van der Waals surface area contributed by atoms with Gasteiger partial charge in [-0.25, -0.2) is 4.98 Å². The minimum Gasteiger partial charge on any atom is -0.359 e. The molecule has 5 nitrogen and oxygen atoms in total. The fraction of sp³-hybridized carbons (Fsp3) is 0.235. The van der Waals surface area contributed by atoms with E-state index in [0.29, 0.717) is 12.1 Å². The number of anilines is 1. The van der Waals surface area contributed by atoms with Crippen molar-refractivity contribution in [3.05, 3.63) is 66.6 Å². The molecule has 1 amide bonds. The topological polar surface area (TPSA) is 58.1 Å². The van der Waals surface area contributed by atoms with Gasteiger partial charge in [0, 0.05) is 44.3 Å². The van der Waals surface area contributed by atoms with Crippen LogP contribution in [0, 0.1) is 0 Å². The lowest BCUT2D eigenvalue weighted by atomic mass is 10.2. The quantitative estimate of drug-likeness (QED) is 0.795. The summed E-state index contributed by atoms with van der Waals surface area (Å²) < 4.78 is 0. The summed E-state index contributed by atoms with van der Waals surface area (Å²) in [7, 11) is 1.97. The van der Waals surface area contributed by atoms with Crippen LogP contribution in [-0.4, -0.2) is 36.0 Å². The highest BCUT2D eigenvalue weighted by Gasteiger charge is 2.08. The predicted octanol–water partition coefficient (Wildman–Crippen LogP) is 2.07. The fourth-order valence-electron chi connectivity index (χ4n) is 2.00. The Hall–Kier alpha value is -2.69. The van der Waals surface area contributed by atoms with Gasteiger partial charge in [-0.05, 0) is 36.2 Å². The summed E-state index contributed by atoms with van der Waals surface area (Å²) in [6, 6.07) is 7.50. The zero-order valence-corrected chi connectivity index (χ0v) is 12.7. The van der Waals surface area contributed by atoms with Crippen molar-refractivity contribution in [2.45, 2.75) is 6.42 Å². The average molecular weight is 296 g/mol. The van der Waals surface area contributed by atoms with Gasteiger partial charge in [-0.3, -0.25) is 9.78 Å². The van der Waals surface area contributed by atoms with Gasteiger partial charge in [0.2, 0.25) is 0 Å². The van der Waals surface area contributed by atoms with Crippen molar-refractivity contribution in [3.8, 4) is 0 Å². The molecule has 22 heavy (non-hydrogen) atoms. The first-order valence-corrected chi connectivity index (χ1v) is 7.16. The van der Waals surface area contributed by atoms with Gasteiger partial charge >= 0.3 is 0 Å². The Morgan fingerprint density at radius 1 is 1.32 bits per heavy atom. The van der Waals surface area contributed by atoms with Gasteiger partial charge in [-0.1, -0.05) is 6.08 Å². The van der Waals surface area contributed by atoms with Gasteiger partial charge in [0.15, 0.2) is 0 Å². The minimum absolute atomic E-state index is 0.119. The molecular weight excluding hydrogens is 276 g/mol. The lowest BCUT2D eigenvalue weighted by molar-refractivity contribution is 0.0958. The van der Waals surface area contributed by atoms with Crippen molar-refractivity contribution in [2.75, 3.05) is 25.0 Å². The van der Waals surface area contributed by atoms with Gasteiger partial charge in [0.05, 0.1) is 0 Å². The fourth-order valence-corrected chi connectivity index (χ4v) is 2.00. The number of pyridine rings is 2. The highest BCUT2D eigenvalue weighted by molar-refractivity contribution is 5.94. The van der Waals surface area contributed by atoms with Gasteiger partial charge < -0.3 is 10.2 Å². The second-order valence-corrected chi connectivity index (χ2v) is 4.93. The Balaban J connectivity index is 1.99. The van der Waals surface area contributed by atoms with E-state index in [9.17, 15) is 4.79 Å². The number of hydrogen-bond donors (Lipinski definition) is 1. The van der Waals surface area contributed by atoms with E-state index in [0.717, 1.165) is 18.8 Å². The zero-order valence-electron chi connectivity index (χ0n) is 12.7. The van der Waals surface area contributed by atoms with Crippen LogP contribution < -0.4 is 10.2 Å². The van der Waals surface area contributed by atoms with E-state index in [1.54, 1.807) is 36.8 Å². The number of amides is 1. The highest BCUT2D eigenvalue weighted by Crippen LogP contribution is 2.12. The number of nitrogens with one attached hydrogen (secondary N) is 1. The van der Waals surface area contributed by atoms with E-state index in [1.807, 2.05) is 24.1 Å². The average Bonchev–Trinajstić information content (AvgIpc) is 2.58. The van der Waals surface area contributed by atoms with E-state index in [-0.39, 0.29) is 5.91 Å². The maximum Gasteiger partial charge on any atom is 0.251 e. The second-order valence-electron chi connectivity index (χ2n) is 4.93. The lowest BCUT2D eigenvalue weighted by Crippen LogP contribution is -2.25. The summed E-state index contributed by atoms with van der Waals surface area (Å²) in [5, 5.41) is 2.76. The maximum atomic E-state index is 11.9. The predicted molar refractivity (Wildman–Crippen MR) is 88.0 cm³/mol. The van der Waals surface area contributed by atoms with Gasteiger partial charge in [0.1, 0.15) is 5.82 Å². The third-order valence-corrected chi connectivity index (χ3v) is 3.29. The molecule has 0 saturated carbocycles. The van der Waals surface area contributed by atoms with Crippen LogP contribution >= 0.6 is 0 Å². The van der Waals surface area contributed by atoms with Crippen molar-refractivity contribution in [3.63, 3.8) is 0 Å². The van der Waals surface area contributed by atoms with Gasteiger partial charge in [-0.2, -0.15) is 0 Å². The minimum atomic E-state index is -0.119. The van der Waals surface area contributed by atoms with E-state index >= 15 is 0 Å². The smallest absolute Gasteiger partial charge is 0.251 e. The molecule has 114 valence electrons. The largest absolute Gasteiger partial charge is 0.359 e. The van der Waals surface area contributed by atoms with Crippen LogP contribution in [0.25, 0.3) is 0 Å². The first-order valence-electron chi connectivity index (χ1n) is 7.16. The molecule has 1 N–H and O–H groups in total. The number of carbonyl (C=O) groups excluding carboxylic acids is 1. The van der Waals surface area contributed by atoms with E-state index in [1.165, 1.54) is 5.56 Å². The number of aromatic nitrogens is 2. The number of carbonyl (C=O) groups is 1. The summed E-state index contributed by atoms with van der Waals surface area (Å²) in [5.41, 5.74) is 1.82. The molecular formula is C17H20N4O. The normalized spacial score (nSPS) is 10.0. The molecule has 2 heterocycles. The summed E-state index contributed by atoms with van der Waals surface area (Å²) in [6.45, 7) is 4.85. The van der Waals surface area contributed by atoms with Gasteiger partial charge in [-0.15, -0.1) is 6.58 Å².